The van der Waals surface area contributed by atoms with Crippen molar-refractivity contribution in [2.75, 3.05) is 6.16 Å². The average molecular weight is 481 g/mol. The Morgan fingerprint density at radius 2 is 1.10 bits per heavy atom. The standard InChI is InChI=1S/C19H24Cl2O6P2/c1-18(2,13-28(22,23)24)19(29(25,26)27,11-14-3-7-16(20)8-4-14)12-15-5-9-17(21)10-6-15/h3-10H,11-13H2,1-2H3,(H2,22,23,24)(H2,25,26,27). The van der Waals surface area contributed by atoms with Gasteiger partial charge in [0.2, 0.25) is 0 Å². The van der Waals surface area contributed by atoms with Crippen LogP contribution in [0, 0.1) is 5.41 Å². The molecule has 0 bridgehead atoms. The molecule has 0 aliphatic rings. The maximum Gasteiger partial charge on any atom is 0.332 e. The summed E-state index contributed by atoms with van der Waals surface area (Å²) in [6.45, 7) is 2.97. The molecule has 0 amide bonds. The molecule has 0 aliphatic heterocycles. The molecule has 2 rings (SSSR count). The summed E-state index contributed by atoms with van der Waals surface area (Å²) in [7, 11) is -9.44. The van der Waals surface area contributed by atoms with Gasteiger partial charge in [-0.15, -0.1) is 0 Å². The smallest absolute Gasteiger partial charge is 0.324 e. The van der Waals surface area contributed by atoms with Gasteiger partial charge >= 0.3 is 15.2 Å². The predicted octanol–water partition coefficient (Wildman–Crippen LogP) is 4.90. The molecule has 160 valence electrons. The van der Waals surface area contributed by atoms with Crippen molar-refractivity contribution >= 4 is 38.4 Å². The molecule has 2 aromatic rings. The second-order valence-corrected chi connectivity index (χ2v) is 12.4. The van der Waals surface area contributed by atoms with Gasteiger partial charge in [0.15, 0.2) is 0 Å². The molecule has 29 heavy (non-hydrogen) atoms. The summed E-state index contributed by atoms with van der Waals surface area (Å²) in [6.07, 6.45) is -0.861. The SMILES string of the molecule is CC(C)(CP(=O)(O)O)C(Cc1ccc(Cl)cc1)(Cc1ccc(Cl)cc1)P(=O)(O)O. The number of rotatable bonds is 8. The minimum absolute atomic E-state index is 0.0932. The van der Waals surface area contributed by atoms with Crippen LogP contribution in [0.3, 0.4) is 0 Å². The number of halogens is 2. The van der Waals surface area contributed by atoms with Crippen LogP contribution in [-0.4, -0.2) is 30.9 Å². The first-order valence-corrected chi connectivity index (χ1v) is 12.9. The lowest BCUT2D eigenvalue weighted by Crippen LogP contribution is -2.50. The van der Waals surface area contributed by atoms with Gasteiger partial charge < -0.3 is 19.6 Å². The second-order valence-electron chi connectivity index (χ2n) is 7.89. The minimum atomic E-state index is -4.88. The zero-order valence-corrected chi connectivity index (χ0v) is 19.3. The molecule has 0 fully saturated rings. The molecule has 0 unspecified atom stereocenters. The van der Waals surface area contributed by atoms with Crippen molar-refractivity contribution in [3.8, 4) is 0 Å². The summed E-state index contributed by atoms with van der Waals surface area (Å²) in [6, 6.07) is 13.1. The molecule has 2 aromatic carbocycles. The van der Waals surface area contributed by atoms with Crippen molar-refractivity contribution in [1.82, 2.24) is 0 Å². The van der Waals surface area contributed by atoms with Gasteiger partial charge in [-0.3, -0.25) is 9.13 Å². The van der Waals surface area contributed by atoms with Crippen LogP contribution in [0.15, 0.2) is 48.5 Å². The summed E-state index contributed by atoms with van der Waals surface area (Å²) >= 11 is 11.9. The van der Waals surface area contributed by atoms with Crippen molar-refractivity contribution in [1.29, 1.82) is 0 Å². The Bertz CT molecular complexity index is 885. The molecule has 0 heterocycles. The molecule has 0 saturated heterocycles. The fraction of sp³-hybridized carbons (Fsp3) is 0.368. The molecular weight excluding hydrogens is 457 g/mol. The van der Waals surface area contributed by atoms with Crippen molar-refractivity contribution in [3.05, 3.63) is 69.7 Å². The third kappa shape index (κ3) is 6.16. The summed E-state index contributed by atoms with van der Waals surface area (Å²) in [5.74, 6) is 0. The first-order chi connectivity index (χ1) is 13.2. The van der Waals surface area contributed by atoms with Gasteiger partial charge in [-0.1, -0.05) is 61.3 Å². The Balaban J connectivity index is 2.66. The monoisotopic (exact) mass is 480 g/mol. The topological polar surface area (TPSA) is 115 Å². The predicted molar refractivity (Wildman–Crippen MR) is 116 cm³/mol. The third-order valence-electron chi connectivity index (χ3n) is 5.24. The Morgan fingerprint density at radius 3 is 1.38 bits per heavy atom. The first-order valence-electron chi connectivity index (χ1n) is 8.74. The van der Waals surface area contributed by atoms with Gasteiger partial charge in [0.05, 0.1) is 11.3 Å². The molecular formula is C19H24Cl2O6P2. The largest absolute Gasteiger partial charge is 0.332 e. The summed E-state index contributed by atoms with van der Waals surface area (Å²) in [5, 5.41) is -0.826. The minimum Gasteiger partial charge on any atom is -0.324 e. The fourth-order valence-electron chi connectivity index (χ4n) is 3.68. The van der Waals surface area contributed by atoms with E-state index in [0.29, 0.717) is 21.2 Å². The Labute approximate surface area is 180 Å². The van der Waals surface area contributed by atoms with Crippen LogP contribution in [0.2, 0.25) is 10.0 Å². The fourth-order valence-corrected chi connectivity index (χ4v) is 7.04. The van der Waals surface area contributed by atoms with Gasteiger partial charge in [0.25, 0.3) is 0 Å². The first kappa shape index (κ1) is 24.6. The van der Waals surface area contributed by atoms with Crippen LogP contribution in [-0.2, 0) is 22.0 Å². The highest BCUT2D eigenvalue weighted by atomic mass is 35.5. The maximum atomic E-state index is 12.9. The van der Waals surface area contributed by atoms with Crippen LogP contribution in [0.25, 0.3) is 0 Å². The normalized spacial score (nSPS) is 13.5. The molecule has 0 spiro atoms. The lowest BCUT2D eigenvalue weighted by molar-refractivity contribution is 0.200. The van der Waals surface area contributed by atoms with Gasteiger partial charge in [-0.25, -0.2) is 0 Å². The summed E-state index contributed by atoms with van der Waals surface area (Å²) in [5.41, 5.74) is -0.208. The van der Waals surface area contributed by atoms with Gasteiger partial charge in [-0.2, -0.15) is 0 Å². The van der Waals surface area contributed by atoms with E-state index in [-0.39, 0.29) is 12.8 Å². The van der Waals surface area contributed by atoms with E-state index in [4.69, 9.17) is 23.2 Å². The van der Waals surface area contributed by atoms with Crippen LogP contribution in [0.1, 0.15) is 25.0 Å². The summed E-state index contributed by atoms with van der Waals surface area (Å²) < 4.78 is 24.7. The third-order valence-corrected chi connectivity index (χ3v) is 8.98. The van der Waals surface area contributed by atoms with Crippen LogP contribution >= 0.6 is 38.4 Å². The zero-order valence-electron chi connectivity index (χ0n) is 16.0. The van der Waals surface area contributed by atoms with Crippen molar-refractivity contribution < 1.29 is 28.7 Å². The van der Waals surface area contributed by atoms with Gasteiger partial charge in [0.1, 0.15) is 0 Å². The molecule has 0 aromatic heterocycles. The van der Waals surface area contributed by atoms with Crippen LogP contribution in [0.4, 0.5) is 0 Å². The average Bonchev–Trinajstić information content (AvgIpc) is 2.54. The number of benzene rings is 2. The van der Waals surface area contributed by atoms with Crippen molar-refractivity contribution in [2.45, 2.75) is 31.8 Å². The highest BCUT2D eigenvalue weighted by Crippen LogP contribution is 2.64. The Hall–Kier alpha value is -0.680. The zero-order chi connectivity index (χ0) is 22.1. The molecule has 0 aliphatic carbocycles. The van der Waals surface area contributed by atoms with Crippen LogP contribution in [0.5, 0.6) is 0 Å². The van der Waals surface area contributed by atoms with Crippen molar-refractivity contribution in [3.63, 3.8) is 0 Å². The second kappa shape index (κ2) is 8.82. The van der Waals surface area contributed by atoms with Crippen LogP contribution < -0.4 is 0 Å². The molecule has 0 saturated carbocycles. The molecule has 6 nitrogen and oxygen atoms in total. The van der Waals surface area contributed by atoms with E-state index >= 15 is 0 Å². The molecule has 0 atom stereocenters. The van der Waals surface area contributed by atoms with E-state index in [1.54, 1.807) is 48.5 Å². The van der Waals surface area contributed by atoms with Gasteiger partial charge in [-0.05, 0) is 53.6 Å². The molecule has 10 heteroatoms. The highest BCUT2D eigenvalue weighted by Gasteiger charge is 2.58. The lowest BCUT2D eigenvalue weighted by atomic mass is 9.72. The van der Waals surface area contributed by atoms with E-state index in [2.05, 4.69) is 0 Å². The lowest BCUT2D eigenvalue weighted by Gasteiger charge is -2.47. The summed E-state index contributed by atoms with van der Waals surface area (Å²) in [4.78, 5) is 40.2. The Kier molecular flexibility index (Phi) is 7.48. The van der Waals surface area contributed by atoms with E-state index < -0.39 is 31.9 Å². The number of hydrogen-bond donors (Lipinski definition) is 4. The number of hydrogen-bond acceptors (Lipinski definition) is 2. The van der Waals surface area contributed by atoms with E-state index in [1.165, 1.54) is 13.8 Å². The molecule has 4 N–H and O–H groups in total. The quantitative estimate of drug-likeness (QED) is 0.399. The maximum absolute atomic E-state index is 12.9. The Morgan fingerprint density at radius 1 is 0.759 bits per heavy atom. The van der Waals surface area contributed by atoms with E-state index in [0.717, 1.165) is 0 Å². The highest BCUT2D eigenvalue weighted by molar-refractivity contribution is 7.54. The molecule has 0 radical (unpaired) electrons. The van der Waals surface area contributed by atoms with Gasteiger partial charge in [0, 0.05) is 10.0 Å². The van der Waals surface area contributed by atoms with Crippen molar-refractivity contribution in [2.24, 2.45) is 5.41 Å². The van der Waals surface area contributed by atoms with E-state index in [1.807, 2.05) is 0 Å². The van der Waals surface area contributed by atoms with E-state index in [9.17, 15) is 28.7 Å².